The molecular weight excluding hydrogens is 196 g/mol. The lowest BCUT2D eigenvalue weighted by Gasteiger charge is -2.08. The Kier molecular flexibility index (Phi) is 3.76. The van der Waals surface area contributed by atoms with Gasteiger partial charge in [-0.1, -0.05) is 0 Å². The third-order valence-electron chi connectivity index (χ3n) is 1.76. The summed E-state index contributed by atoms with van der Waals surface area (Å²) < 4.78 is 0. The Bertz CT molecular complexity index is 137. The smallest absolute Gasteiger partial charge is 0.368 e. The molecule has 1 unspecified atom stereocenters. The Morgan fingerprint density at radius 2 is 1.92 bits per heavy atom. The van der Waals surface area contributed by atoms with Gasteiger partial charge >= 0.3 is 9.05 Å². The fourth-order valence-corrected chi connectivity index (χ4v) is 1.28. The van der Waals surface area contributed by atoms with E-state index in [1.165, 1.54) is 6.42 Å². The number of hydrogen-bond acceptors (Lipinski definition) is 7. The molecule has 2 heterocycles. The highest BCUT2D eigenvalue weighted by atomic mass is 28.4. The Morgan fingerprint density at radius 1 is 1.31 bits per heavy atom. The molecule has 2 rings (SSSR count). The molecule has 7 nitrogen and oxygen atoms in total. The van der Waals surface area contributed by atoms with Crippen molar-refractivity contribution in [3.8, 4) is 0 Å². The molecule has 5 N–H and O–H groups in total. The van der Waals surface area contributed by atoms with Gasteiger partial charge in [0.25, 0.3) is 0 Å². The van der Waals surface area contributed by atoms with Crippen LogP contribution in [-0.4, -0.2) is 59.2 Å². The first kappa shape index (κ1) is 11.0. The van der Waals surface area contributed by atoms with Crippen molar-refractivity contribution in [3.05, 3.63) is 0 Å². The van der Waals surface area contributed by atoms with Crippen LogP contribution in [0, 0.1) is 0 Å². The summed E-state index contributed by atoms with van der Waals surface area (Å²) in [6.07, 6.45) is 1.20. The lowest BCUT2D eigenvalue weighted by molar-refractivity contribution is -0.114. The average molecular weight is 210 g/mol. The van der Waals surface area contributed by atoms with Crippen molar-refractivity contribution < 1.29 is 24.0 Å². The van der Waals surface area contributed by atoms with Gasteiger partial charge in [0.1, 0.15) is 0 Å². The van der Waals surface area contributed by atoms with Crippen molar-refractivity contribution in [1.29, 1.82) is 0 Å². The average Bonchev–Trinajstić information content (AvgIpc) is 2.36. The van der Waals surface area contributed by atoms with E-state index in [-0.39, 0.29) is 0 Å². The Labute approximate surface area is 76.6 Å². The van der Waals surface area contributed by atoms with Gasteiger partial charge in [0.15, 0.2) is 0 Å². The molecule has 13 heavy (non-hydrogen) atoms. The van der Waals surface area contributed by atoms with Crippen LogP contribution in [-0.2, 0) is 4.84 Å². The van der Waals surface area contributed by atoms with Gasteiger partial charge in [-0.05, 0) is 6.42 Å². The maximum absolute atomic E-state index is 7.33. The molecule has 8 heteroatoms. The topological polar surface area (TPSA) is 105 Å². The first-order valence-corrected chi connectivity index (χ1v) is 5.75. The molecule has 0 bridgehead atoms. The molecule has 2 fully saturated rings. The van der Waals surface area contributed by atoms with Crippen molar-refractivity contribution in [2.45, 2.75) is 12.5 Å². The zero-order valence-corrected chi connectivity index (χ0v) is 8.05. The summed E-state index contributed by atoms with van der Waals surface area (Å²) in [5.74, 6) is 0. The van der Waals surface area contributed by atoms with E-state index in [2.05, 4.69) is 5.32 Å². The molecule has 0 radical (unpaired) electrons. The van der Waals surface area contributed by atoms with Crippen LogP contribution < -0.4 is 5.32 Å². The van der Waals surface area contributed by atoms with Gasteiger partial charge in [0, 0.05) is 6.54 Å². The van der Waals surface area contributed by atoms with Crippen LogP contribution in [0.2, 0.25) is 0 Å². The quantitative estimate of drug-likeness (QED) is 0.270. The summed E-state index contributed by atoms with van der Waals surface area (Å²) in [5, 5.41) is 5.25. The van der Waals surface area contributed by atoms with E-state index in [0.29, 0.717) is 6.04 Å². The summed E-state index contributed by atoms with van der Waals surface area (Å²) in [6, 6.07) is 0.676. The monoisotopic (exact) mass is 210 g/mol. The zero-order valence-electron chi connectivity index (χ0n) is 7.05. The molecule has 0 aromatic rings. The van der Waals surface area contributed by atoms with E-state index in [9.17, 15) is 0 Å². The summed E-state index contributed by atoms with van der Waals surface area (Å²) >= 11 is 0. The molecule has 2 aliphatic heterocycles. The molecule has 0 amide bonds. The van der Waals surface area contributed by atoms with Crippen LogP contribution in [0.5, 0.6) is 0 Å². The summed E-state index contributed by atoms with van der Waals surface area (Å²) in [4.78, 5) is 34.6. The van der Waals surface area contributed by atoms with Crippen LogP contribution >= 0.6 is 0 Å². The minimum absolute atomic E-state index is 0.676. The normalized spacial score (nSPS) is 28.2. The highest BCUT2D eigenvalue weighted by molar-refractivity contribution is 6.46. The van der Waals surface area contributed by atoms with E-state index in [4.69, 9.17) is 24.0 Å². The minimum Gasteiger partial charge on any atom is -0.368 e. The second kappa shape index (κ2) is 4.44. The van der Waals surface area contributed by atoms with Crippen LogP contribution in [0.3, 0.4) is 0 Å². The number of hydrogen-bond donors (Lipinski definition) is 5. The van der Waals surface area contributed by atoms with E-state index >= 15 is 0 Å². The van der Waals surface area contributed by atoms with Crippen molar-refractivity contribution in [2.75, 3.05) is 19.8 Å². The van der Waals surface area contributed by atoms with Crippen LogP contribution in [0.25, 0.3) is 0 Å². The van der Waals surface area contributed by atoms with Crippen molar-refractivity contribution in [2.24, 2.45) is 0 Å². The summed E-state index contributed by atoms with van der Waals surface area (Å²) in [6.45, 7) is 2.96. The van der Waals surface area contributed by atoms with E-state index in [1.54, 1.807) is 0 Å². The van der Waals surface area contributed by atoms with Gasteiger partial charge in [0.2, 0.25) is 0 Å². The number of rotatable bonds is 0. The third-order valence-corrected chi connectivity index (χ3v) is 1.76. The Hall–Kier alpha value is -0.0631. The fourth-order valence-electron chi connectivity index (χ4n) is 1.28. The minimum atomic E-state index is -4.61. The standard InChI is InChI=1S/C5H10N2O.H4O4Si/c1-2-8-7-4-6-3-5(1)7;1-5(2,3)4/h5-6H,1-4H2;1-4H. The molecule has 0 aliphatic carbocycles. The van der Waals surface area contributed by atoms with Gasteiger partial charge in [0.05, 0.1) is 19.3 Å². The van der Waals surface area contributed by atoms with Gasteiger partial charge in [-0.3, -0.25) is 4.84 Å². The molecule has 0 saturated carbocycles. The van der Waals surface area contributed by atoms with Gasteiger partial charge < -0.3 is 24.5 Å². The van der Waals surface area contributed by atoms with Crippen molar-refractivity contribution in [3.63, 3.8) is 0 Å². The number of fused-ring (bicyclic) bond motifs is 1. The van der Waals surface area contributed by atoms with Crippen molar-refractivity contribution in [1.82, 2.24) is 10.4 Å². The maximum Gasteiger partial charge on any atom is 0.668 e. The summed E-state index contributed by atoms with van der Waals surface area (Å²) in [7, 11) is -4.61. The lowest BCUT2D eigenvalue weighted by atomic mass is 10.2. The van der Waals surface area contributed by atoms with E-state index in [0.717, 1.165) is 19.8 Å². The second-order valence-electron chi connectivity index (χ2n) is 2.91. The van der Waals surface area contributed by atoms with Crippen LogP contribution in [0.4, 0.5) is 0 Å². The predicted molar refractivity (Wildman–Crippen MR) is 43.7 cm³/mol. The van der Waals surface area contributed by atoms with E-state index in [1.807, 2.05) is 5.06 Å². The van der Waals surface area contributed by atoms with Crippen molar-refractivity contribution >= 4 is 9.05 Å². The Balaban J connectivity index is 0.000000149. The highest BCUT2D eigenvalue weighted by Crippen LogP contribution is 2.15. The van der Waals surface area contributed by atoms with E-state index < -0.39 is 9.05 Å². The largest absolute Gasteiger partial charge is 0.668 e. The van der Waals surface area contributed by atoms with Gasteiger partial charge in [-0.15, -0.1) is 0 Å². The first-order valence-electron chi connectivity index (χ1n) is 3.96. The zero-order chi connectivity index (χ0) is 9.90. The highest BCUT2D eigenvalue weighted by Gasteiger charge is 2.29. The molecule has 0 aromatic heterocycles. The maximum atomic E-state index is 7.33. The number of nitrogens with zero attached hydrogens (tertiary/aromatic N) is 1. The molecule has 2 aliphatic rings. The fraction of sp³-hybridized carbons (Fsp3) is 1.00. The molecule has 0 aromatic carbocycles. The molecule has 78 valence electrons. The van der Waals surface area contributed by atoms with Gasteiger partial charge in [-0.25, -0.2) is 0 Å². The van der Waals surface area contributed by atoms with Gasteiger partial charge in [-0.2, -0.15) is 5.06 Å². The number of hydroxylamine groups is 2. The summed E-state index contributed by atoms with van der Waals surface area (Å²) in [5.41, 5.74) is 0. The number of nitrogens with one attached hydrogen (secondary N) is 1. The van der Waals surface area contributed by atoms with Crippen LogP contribution in [0.15, 0.2) is 0 Å². The Morgan fingerprint density at radius 3 is 2.46 bits per heavy atom. The molecule has 1 atom stereocenters. The SMILES string of the molecule is C1CC2CNCN2O1.O[Si](O)(O)O. The molecule has 2 saturated heterocycles. The third kappa shape index (κ3) is 4.64. The first-order chi connectivity index (χ1) is 5.97. The lowest BCUT2D eigenvalue weighted by Crippen LogP contribution is -2.33. The second-order valence-corrected chi connectivity index (χ2v) is 4.11. The predicted octanol–water partition coefficient (Wildman–Crippen LogP) is -3.06. The molecular formula is C5H14N2O5Si. The molecule has 0 spiro atoms. The van der Waals surface area contributed by atoms with Crippen LogP contribution in [0.1, 0.15) is 6.42 Å².